The van der Waals surface area contributed by atoms with Crippen LogP contribution in [0.15, 0.2) is 60.7 Å². The van der Waals surface area contributed by atoms with Crippen LogP contribution >= 0.6 is 24.8 Å². The van der Waals surface area contributed by atoms with Crippen LogP contribution in [0.2, 0.25) is 0 Å². The van der Waals surface area contributed by atoms with Gasteiger partial charge in [0.1, 0.15) is 11.5 Å². The minimum absolute atomic E-state index is 0. The van der Waals surface area contributed by atoms with Gasteiger partial charge in [-0.15, -0.1) is 38.0 Å². The maximum atomic E-state index is 12.5. The Morgan fingerprint density at radius 3 is 2.19 bits per heavy atom. The lowest BCUT2D eigenvalue weighted by Gasteiger charge is -2.36. The summed E-state index contributed by atoms with van der Waals surface area (Å²) in [6.45, 7) is 3.12. The van der Waals surface area contributed by atoms with Gasteiger partial charge in [0.2, 0.25) is 0 Å². The summed E-state index contributed by atoms with van der Waals surface area (Å²) in [5.74, 6) is -0.0923. The Morgan fingerprint density at radius 2 is 1.55 bits per heavy atom. The summed E-state index contributed by atoms with van der Waals surface area (Å²) in [4.78, 5) is 2.23. The topological polar surface area (TPSA) is 44.7 Å². The number of benzene rings is 3. The molecular formula is C22H23Cl2F3N2O2. The maximum absolute atomic E-state index is 12.5. The molecule has 1 aliphatic rings. The van der Waals surface area contributed by atoms with Crippen molar-refractivity contribution in [3.05, 3.63) is 71.8 Å². The summed E-state index contributed by atoms with van der Waals surface area (Å²) in [5.41, 5.74) is 1.56. The zero-order valence-electron chi connectivity index (χ0n) is 16.4. The van der Waals surface area contributed by atoms with Crippen LogP contribution in [0, 0.1) is 0 Å². The van der Waals surface area contributed by atoms with Crippen LogP contribution in [0.5, 0.6) is 11.5 Å². The second-order valence-corrected chi connectivity index (χ2v) is 7.02. The van der Waals surface area contributed by atoms with Crippen LogP contribution in [0.3, 0.4) is 0 Å². The first-order chi connectivity index (χ1) is 13.9. The van der Waals surface area contributed by atoms with Gasteiger partial charge in [-0.3, -0.25) is 4.90 Å². The van der Waals surface area contributed by atoms with Crippen LogP contribution in [0.25, 0.3) is 10.8 Å². The number of nitrogens with one attached hydrogen (secondary N) is 1. The van der Waals surface area contributed by atoms with E-state index in [2.05, 4.69) is 15.0 Å². The summed E-state index contributed by atoms with van der Waals surface area (Å²) < 4.78 is 41.5. The third-order valence-corrected chi connectivity index (χ3v) is 5.17. The fraction of sp³-hybridized carbons (Fsp3) is 0.273. The maximum Gasteiger partial charge on any atom is 0.573 e. The first kappa shape index (κ1) is 25.1. The zero-order chi connectivity index (χ0) is 20.4. The normalized spacial score (nSPS) is 15.6. The highest BCUT2D eigenvalue weighted by Gasteiger charge is 2.32. The average Bonchev–Trinajstić information content (AvgIpc) is 2.71. The molecule has 0 bridgehead atoms. The number of phenolic OH excluding ortho intramolecular Hbond substituents is 1. The molecule has 0 unspecified atom stereocenters. The van der Waals surface area contributed by atoms with Crippen LogP contribution in [-0.4, -0.2) is 42.5 Å². The molecular weight excluding hydrogens is 452 g/mol. The number of rotatable bonds is 4. The molecule has 0 aliphatic carbocycles. The van der Waals surface area contributed by atoms with E-state index >= 15 is 0 Å². The van der Waals surface area contributed by atoms with Crippen LogP contribution in [0.4, 0.5) is 13.2 Å². The lowest BCUT2D eigenvalue weighted by Crippen LogP contribution is -2.45. The highest BCUT2D eigenvalue weighted by molar-refractivity contribution is 5.88. The van der Waals surface area contributed by atoms with Gasteiger partial charge in [0.15, 0.2) is 0 Å². The molecule has 0 spiro atoms. The molecule has 3 aromatic rings. The van der Waals surface area contributed by atoms with E-state index in [1.54, 1.807) is 18.2 Å². The number of phenols is 1. The Balaban J connectivity index is 0.00000171. The molecule has 31 heavy (non-hydrogen) atoms. The molecule has 1 aliphatic heterocycles. The number of piperazine rings is 1. The van der Waals surface area contributed by atoms with Crippen molar-refractivity contribution in [2.24, 2.45) is 0 Å². The van der Waals surface area contributed by atoms with Gasteiger partial charge in [0.05, 0.1) is 6.04 Å². The molecule has 0 saturated carbocycles. The van der Waals surface area contributed by atoms with Crippen LogP contribution < -0.4 is 10.1 Å². The van der Waals surface area contributed by atoms with Crippen molar-refractivity contribution in [1.82, 2.24) is 10.2 Å². The predicted octanol–water partition coefficient (Wildman–Crippen LogP) is 5.28. The molecule has 9 heteroatoms. The number of alkyl halides is 3. The minimum Gasteiger partial charge on any atom is -0.508 e. The largest absolute Gasteiger partial charge is 0.573 e. The van der Waals surface area contributed by atoms with Gasteiger partial charge < -0.3 is 15.2 Å². The molecule has 2 N–H and O–H groups in total. The van der Waals surface area contributed by atoms with Crippen molar-refractivity contribution in [2.45, 2.75) is 12.4 Å². The second kappa shape index (κ2) is 10.4. The van der Waals surface area contributed by atoms with Gasteiger partial charge in [0, 0.05) is 31.7 Å². The number of hydrogen-bond acceptors (Lipinski definition) is 4. The summed E-state index contributed by atoms with van der Waals surface area (Å²) in [6, 6.07) is 16.9. The highest BCUT2D eigenvalue weighted by Crippen LogP contribution is 2.40. The standard InChI is InChI=1S/C22H21F3N2O2.2ClH/c23-22(24,25)29-17-8-5-16(6-9-17)21(27-13-11-26-12-14-27)20-18-4-2-1-3-15(18)7-10-19(20)28;;/h1-10,21,26,28H,11-14H2;2*1H/t21-;;/m0../s1. The molecule has 1 fully saturated rings. The first-order valence-corrected chi connectivity index (χ1v) is 9.43. The Labute approximate surface area is 190 Å². The molecule has 3 aromatic carbocycles. The smallest absolute Gasteiger partial charge is 0.508 e. The van der Waals surface area contributed by atoms with Crippen molar-refractivity contribution in [3.8, 4) is 11.5 Å². The van der Waals surface area contributed by atoms with Crippen molar-refractivity contribution < 1.29 is 23.0 Å². The highest BCUT2D eigenvalue weighted by atomic mass is 35.5. The van der Waals surface area contributed by atoms with Gasteiger partial charge >= 0.3 is 6.36 Å². The van der Waals surface area contributed by atoms with E-state index in [-0.39, 0.29) is 42.4 Å². The molecule has 1 saturated heterocycles. The van der Waals surface area contributed by atoms with Gasteiger partial charge in [-0.05, 0) is 34.5 Å². The van der Waals surface area contributed by atoms with E-state index in [0.717, 1.165) is 48.1 Å². The molecule has 4 nitrogen and oxygen atoms in total. The van der Waals surface area contributed by atoms with Gasteiger partial charge in [-0.1, -0.05) is 42.5 Å². The Hall–Kier alpha value is -2.19. The Kier molecular flexibility index (Phi) is 8.42. The molecule has 0 radical (unpaired) electrons. The summed E-state index contributed by atoms with van der Waals surface area (Å²) >= 11 is 0. The zero-order valence-corrected chi connectivity index (χ0v) is 18.1. The minimum atomic E-state index is -4.73. The fourth-order valence-corrected chi connectivity index (χ4v) is 3.92. The number of nitrogens with zero attached hydrogens (tertiary/aromatic N) is 1. The fourth-order valence-electron chi connectivity index (χ4n) is 3.92. The van der Waals surface area contributed by atoms with E-state index < -0.39 is 6.36 Å². The number of fused-ring (bicyclic) bond motifs is 1. The third kappa shape index (κ3) is 5.74. The van der Waals surface area contributed by atoms with Crippen LogP contribution in [-0.2, 0) is 0 Å². The van der Waals surface area contributed by atoms with E-state index in [1.807, 2.05) is 30.3 Å². The third-order valence-electron chi connectivity index (χ3n) is 5.17. The predicted molar refractivity (Wildman–Crippen MR) is 120 cm³/mol. The average molecular weight is 475 g/mol. The SMILES string of the molecule is Cl.Cl.Oc1ccc2ccccc2c1[C@H](c1ccc(OC(F)(F)F)cc1)N1CCNCC1. The lowest BCUT2D eigenvalue weighted by atomic mass is 9.91. The molecule has 168 valence electrons. The summed E-state index contributed by atoms with van der Waals surface area (Å²) in [7, 11) is 0. The molecule has 4 rings (SSSR count). The van der Waals surface area contributed by atoms with E-state index in [1.165, 1.54) is 12.1 Å². The first-order valence-electron chi connectivity index (χ1n) is 9.43. The number of hydrogen-bond donors (Lipinski definition) is 2. The monoisotopic (exact) mass is 474 g/mol. The van der Waals surface area contributed by atoms with E-state index in [4.69, 9.17) is 0 Å². The van der Waals surface area contributed by atoms with Crippen molar-refractivity contribution in [1.29, 1.82) is 0 Å². The molecule has 0 amide bonds. The van der Waals surface area contributed by atoms with Crippen LogP contribution in [0.1, 0.15) is 17.2 Å². The van der Waals surface area contributed by atoms with E-state index in [9.17, 15) is 18.3 Å². The number of aromatic hydroxyl groups is 1. The molecule has 1 atom stereocenters. The van der Waals surface area contributed by atoms with Crippen molar-refractivity contribution in [3.63, 3.8) is 0 Å². The van der Waals surface area contributed by atoms with Crippen molar-refractivity contribution >= 4 is 35.6 Å². The molecule has 0 aromatic heterocycles. The Bertz CT molecular complexity index is 994. The van der Waals surface area contributed by atoms with Gasteiger partial charge in [-0.2, -0.15) is 0 Å². The van der Waals surface area contributed by atoms with Gasteiger partial charge in [-0.25, -0.2) is 0 Å². The number of halogens is 5. The number of ether oxygens (including phenoxy) is 1. The van der Waals surface area contributed by atoms with Gasteiger partial charge in [0.25, 0.3) is 0 Å². The second-order valence-electron chi connectivity index (χ2n) is 7.02. The Morgan fingerprint density at radius 1 is 0.903 bits per heavy atom. The van der Waals surface area contributed by atoms with Crippen molar-refractivity contribution in [2.75, 3.05) is 26.2 Å². The molecule has 1 heterocycles. The lowest BCUT2D eigenvalue weighted by molar-refractivity contribution is -0.274. The van der Waals surface area contributed by atoms with E-state index in [0.29, 0.717) is 0 Å². The quantitative estimate of drug-likeness (QED) is 0.539. The summed E-state index contributed by atoms with van der Waals surface area (Å²) in [5, 5.41) is 16.0. The summed E-state index contributed by atoms with van der Waals surface area (Å²) in [6.07, 6.45) is -4.73.